The van der Waals surface area contributed by atoms with Crippen molar-refractivity contribution in [1.29, 1.82) is 0 Å². The molecule has 0 saturated heterocycles. The number of rotatable bonds is 6. The van der Waals surface area contributed by atoms with Crippen molar-refractivity contribution in [2.24, 2.45) is 5.16 Å². The zero-order valence-corrected chi connectivity index (χ0v) is 9.17. The Morgan fingerprint density at radius 2 is 2.19 bits per heavy atom. The summed E-state index contributed by atoms with van der Waals surface area (Å²) in [6, 6.07) is 3.96. The minimum Gasteiger partial charge on any atom is -0.391 e. The number of unbranched alkanes of at least 4 members (excludes halogenated alkanes) is 2. The van der Waals surface area contributed by atoms with E-state index < -0.39 is 11.6 Å². The zero-order chi connectivity index (χ0) is 11.8. The standard InChI is InChI=1S/C12H14F2NO/c1-2-3-4-8-15-16-9-10-6-5-7-11(13)12(10)14/h5-7H,2-4,9H2,1H3. The maximum atomic E-state index is 13.1. The maximum absolute atomic E-state index is 13.1. The molecule has 0 unspecified atom stereocenters. The summed E-state index contributed by atoms with van der Waals surface area (Å²) in [6.07, 6.45) is 5.43. The van der Waals surface area contributed by atoms with Gasteiger partial charge in [0.15, 0.2) is 11.6 Å². The number of hydrogen-bond donors (Lipinski definition) is 0. The molecule has 87 valence electrons. The normalized spacial score (nSPS) is 10.9. The summed E-state index contributed by atoms with van der Waals surface area (Å²) in [5, 5.41) is 3.54. The number of nitrogens with zero attached hydrogens (tertiary/aromatic N) is 1. The Labute approximate surface area is 93.9 Å². The lowest BCUT2D eigenvalue weighted by Gasteiger charge is -2.01. The highest BCUT2D eigenvalue weighted by atomic mass is 19.2. The summed E-state index contributed by atoms with van der Waals surface area (Å²) < 4.78 is 25.9. The van der Waals surface area contributed by atoms with Gasteiger partial charge in [0.1, 0.15) is 12.8 Å². The average molecular weight is 226 g/mol. The van der Waals surface area contributed by atoms with Gasteiger partial charge in [0, 0.05) is 5.56 Å². The smallest absolute Gasteiger partial charge is 0.165 e. The van der Waals surface area contributed by atoms with E-state index >= 15 is 0 Å². The Balaban J connectivity index is 2.37. The Morgan fingerprint density at radius 1 is 1.38 bits per heavy atom. The van der Waals surface area contributed by atoms with Crippen molar-refractivity contribution in [3.8, 4) is 0 Å². The van der Waals surface area contributed by atoms with Gasteiger partial charge in [-0.2, -0.15) is 0 Å². The van der Waals surface area contributed by atoms with Crippen molar-refractivity contribution in [3.05, 3.63) is 35.4 Å². The van der Waals surface area contributed by atoms with Crippen LogP contribution in [0.5, 0.6) is 0 Å². The number of hydrogen-bond acceptors (Lipinski definition) is 2. The van der Waals surface area contributed by atoms with Gasteiger partial charge in [-0.05, 0) is 18.9 Å². The Kier molecular flexibility index (Phi) is 5.46. The molecule has 16 heavy (non-hydrogen) atoms. The first kappa shape index (κ1) is 12.6. The van der Waals surface area contributed by atoms with E-state index in [1.165, 1.54) is 12.1 Å². The van der Waals surface area contributed by atoms with Gasteiger partial charge in [0.25, 0.3) is 0 Å². The molecule has 0 amide bonds. The van der Waals surface area contributed by atoms with Crippen LogP contribution >= 0.6 is 0 Å². The zero-order valence-electron chi connectivity index (χ0n) is 9.17. The lowest BCUT2D eigenvalue weighted by Crippen LogP contribution is -1.95. The molecule has 1 aromatic carbocycles. The summed E-state index contributed by atoms with van der Waals surface area (Å²) in [4.78, 5) is 4.81. The lowest BCUT2D eigenvalue weighted by molar-refractivity contribution is 0.128. The third-order valence-electron chi connectivity index (χ3n) is 2.02. The largest absolute Gasteiger partial charge is 0.391 e. The molecule has 1 aromatic rings. The summed E-state index contributed by atoms with van der Waals surface area (Å²) in [7, 11) is 0. The fourth-order valence-electron chi connectivity index (χ4n) is 1.11. The van der Waals surface area contributed by atoms with Crippen LogP contribution in [0.2, 0.25) is 0 Å². The molecule has 0 aliphatic rings. The van der Waals surface area contributed by atoms with E-state index in [0.29, 0.717) is 6.42 Å². The predicted octanol–water partition coefficient (Wildman–Crippen LogP) is 3.53. The molecule has 0 fully saturated rings. The quantitative estimate of drug-likeness (QED) is 0.413. The molecule has 0 bridgehead atoms. The Hall–Kier alpha value is -1.45. The fraction of sp³-hybridized carbons (Fsp3) is 0.417. The Morgan fingerprint density at radius 3 is 2.94 bits per heavy atom. The molecule has 0 spiro atoms. The van der Waals surface area contributed by atoms with Crippen LogP contribution in [0, 0.1) is 11.6 Å². The molecule has 1 rings (SSSR count). The highest BCUT2D eigenvalue weighted by Gasteiger charge is 2.06. The fourth-order valence-corrected chi connectivity index (χ4v) is 1.11. The second-order valence-corrected chi connectivity index (χ2v) is 3.34. The SMILES string of the molecule is CCCC/[C]=N/OCc1cccc(F)c1F. The lowest BCUT2D eigenvalue weighted by atomic mass is 10.2. The van der Waals surface area contributed by atoms with Crippen LogP contribution in [0.3, 0.4) is 0 Å². The molecule has 0 heterocycles. The number of benzene rings is 1. The minimum atomic E-state index is -0.883. The van der Waals surface area contributed by atoms with Crippen molar-refractivity contribution >= 4 is 6.21 Å². The first-order chi connectivity index (χ1) is 7.75. The van der Waals surface area contributed by atoms with E-state index in [1.807, 2.05) is 0 Å². The van der Waals surface area contributed by atoms with E-state index in [9.17, 15) is 8.78 Å². The van der Waals surface area contributed by atoms with Crippen LogP contribution < -0.4 is 0 Å². The van der Waals surface area contributed by atoms with Gasteiger partial charge < -0.3 is 4.84 Å². The van der Waals surface area contributed by atoms with Gasteiger partial charge in [0.05, 0.1) is 0 Å². The van der Waals surface area contributed by atoms with E-state index in [1.54, 1.807) is 0 Å². The summed E-state index contributed by atoms with van der Waals surface area (Å²) >= 11 is 0. The van der Waals surface area contributed by atoms with Crippen LogP contribution in [-0.2, 0) is 11.4 Å². The molecule has 0 N–H and O–H groups in total. The maximum Gasteiger partial charge on any atom is 0.165 e. The van der Waals surface area contributed by atoms with Crippen LogP contribution in [0.1, 0.15) is 31.7 Å². The molecule has 4 heteroatoms. The monoisotopic (exact) mass is 226 g/mol. The molecule has 1 radical (unpaired) electrons. The third-order valence-corrected chi connectivity index (χ3v) is 2.02. The summed E-state index contributed by atoms with van der Waals surface area (Å²) in [6.45, 7) is 1.98. The molecule has 0 saturated carbocycles. The first-order valence-electron chi connectivity index (χ1n) is 5.23. The first-order valence-corrected chi connectivity index (χ1v) is 5.23. The van der Waals surface area contributed by atoms with E-state index in [0.717, 1.165) is 18.9 Å². The van der Waals surface area contributed by atoms with E-state index in [4.69, 9.17) is 4.84 Å². The second kappa shape index (κ2) is 6.93. The van der Waals surface area contributed by atoms with Gasteiger partial charge in [-0.15, -0.1) is 0 Å². The summed E-state index contributed by atoms with van der Waals surface area (Å²) in [5.74, 6) is -1.76. The molecule has 0 aliphatic heterocycles. The highest BCUT2D eigenvalue weighted by Crippen LogP contribution is 2.12. The molecule has 0 aromatic heterocycles. The molecular formula is C12H14F2NO. The third kappa shape index (κ3) is 3.96. The van der Waals surface area contributed by atoms with Gasteiger partial charge in [-0.1, -0.05) is 30.6 Å². The van der Waals surface area contributed by atoms with Gasteiger partial charge in [-0.25, -0.2) is 8.78 Å². The topological polar surface area (TPSA) is 21.6 Å². The van der Waals surface area contributed by atoms with Crippen LogP contribution in [0.25, 0.3) is 0 Å². The number of halogens is 2. The molecule has 2 nitrogen and oxygen atoms in total. The van der Waals surface area contributed by atoms with Crippen molar-refractivity contribution in [1.82, 2.24) is 0 Å². The van der Waals surface area contributed by atoms with Crippen molar-refractivity contribution in [2.45, 2.75) is 32.8 Å². The summed E-state index contributed by atoms with van der Waals surface area (Å²) in [5.41, 5.74) is 0.154. The average Bonchev–Trinajstić information content (AvgIpc) is 2.29. The molecule has 0 aliphatic carbocycles. The molecule has 0 atom stereocenters. The van der Waals surface area contributed by atoms with Gasteiger partial charge in [0.2, 0.25) is 0 Å². The van der Waals surface area contributed by atoms with E-state index in [-0.39, 0.29) is 12.2 Å². The van der Waals surface area contributed by atoms with Crippen LogP contribution in [-0.4, -0.2) is 6.21 Å². The van der Waals surface area contributed by atoms with Crippen molar-refractivity contribution in [2.75, 3.05) is 0 Å². The predicted molar refractivity (Wildman–Crippen MR) is 58.1 cm³/mol. The highest BCUT2D eigenvalue weighted by molar-refractivity contribution is 5.56. The minimum absolute atomic E-state index is 0.0806. The van der Waals surface area contributed by atoms with Crippen molar-refractivity contribution in [3.63, 3.8) is 0 Å². The van der Waals surface area contributed by atoms with Gasteiger partial charge >= 0.3 is 0 Å². The van der Waals surface area contributed by atoms with Crippen LogP contribution in [0.4, 0.5) is 8.78 Å². The van der Waals surface area contributed by atoms with Gasteiger partial charge in [-0.3, -0.25) is 0 Å². The Bertz CT molecular complexity index is 353. The van der Waals surface area contributed by atoms with Crippen molar-refractivity contribution < 1.29 is 13.6 Å². The second-order valence-electron chi connectivity index (χ2n) is 3.34. The molecular weight excluding hydrogens is 212 g/mol. The van der Waals surface area contributed by atoms with E-state index in [2.05, 4.69) is 18.3 Å². The van der Waals surface area contributed by atoms with Crippen LogP contribution in [0.15, 0.2) is 23.4 Å².